The zero-order chi connectivity index (χ0) is 20.2. The van der Waals surface area contributed by atoms with Crippen LogP contribution in [0, 0.1) is 12.7 Å². The molecule has 0 spiro atoms. The van der Waals surface area contributed by atoms with Crippen molar-refractivity contribution in [1.29, 1.82) is 0 Å². The van der Waals surface area contributed by atoms with Crippen LogP contribution >= 0.6 is 23.1 Å². The Balaban J connectivity index is 1.47. The summed E-state index contributed by atoms with van der Waals surface area (Å²) in [7, 11) is 0. The number of rotatable bonds is 7. The maximum atomic E-state index is 13.0. The van der Waals surface area contributed by atoms with Crippen molar-refractivity contribution < 1.29 is 13.9 Å². The highest BCUT2D eigenvalue weighted by Crippen LogP contribution is 2.29. The largest absolute Gasteiger partial charge is 0.376 e. The van der Waals surface area contributed by atoms with Gasteiger partial charge in [-0.3, -0.25) is 9.36 Å². The van der Waals surface area contributed by atoms with Crippen LogP contribution in [0.1, 0.15) is 17.7 Å². The van der Waals surface area contributed by atoms with Gasteiger partial charge in [0.25, 0.3) is 0 Å². The van der Waals surface area contributed by atoms with E-state index >= 15 is 0 Å². The number of halogens is 1. The molecule has 0 radical (unpaired) electrons. The summed E-state index contributed by atoms with van der Waals surface area (Å²) in [6.07, 6.45) is 2.20. The predicted molar refractivity (Wildman–Crippen MR) is 113 cm³/mol. The fraction of sp³-hybridized carbons (Fsp3) is 0.350. The number of amides is 1. The first-order valence-electron chi connectivity index (χ1n) is 9.37. The number of hydrogen-bond donors (Lipinski definition) is 1. The van der Waals surface area contributed by atoms with Crippen LogP contribution in [0.25, 0.3) is 11.4 Å². The van der Waals surface area contributed by atoms with Crippen LogP contribution < -0.4 is 5.32 Å². The number of thiophene rings is 1. The molecule has 3 heterocycles. The van der Waals surface area contributed by atoms with E-state index in [1.165, 1.54) is 40.9 Å². The molecule has 3 aromatic rings. The van der Waals surface area contributed by atoms with E-state index in [4.69, 9.17) is 4.74 Å². The summed E-state index contributed by atoms with van der Waals surface area (Å²) in [6.45, 7) is 3.51. The maximum absolute atomic E-state index is 13.0. The smallest absolute Gasteiger partial charge is 0.234 e. The third-order valence-electron chi connectivity index (χ3n) is 4.58. The fourth-order valence-electron chi connectivity index (χ4n) is 3.19. The van der Waals surface area contributed by atoms with E-state index in [2.05, 4.69) is 33.9 Å². The number of thioether (sulfide) groups is 1. The first-order valence-corrected chi connectivity index (χ1v) is 11.2. The molecule has 0 bridgehead atoms. The molecule has 152 valence electrons. The van der Waals surface area contributed by atoms with E-state index in [1.54, 1.807) is 11.3 Å². The minimum absolute atomic E-state index is 0.136. The molecule has 4 rings (SSSR count). The van der Waals surface area contributed by atoms with Crippen molar-refractivity contribution in [3.63, 3.8) is 0 Å². The van der Waals surface area contributed by atoms with Crippen LogP contribution in [-0.4, -0.2) is 39.1 Å². The molecule has 29 heavy (non-hydrogen) atoms. The standard InChI is InChI=1S/C20H21FN4O2S2/c1-13-9-14(11-28-13)19-23-24-20(25(19)10-17-3-2-8-27-17)29-12-18(26)22-16-6-4-15(21)5-7-16/h4-7,9,11,17H,2-3,8,10,12H2,1H3,(H,22,26). The highest BCUT2D eigenvalue weighted by molar-refractivity contribution is 7.99. The highest BCUT2D eigenvalue weighted by Gasteiger charge is 2.22. The lowest BCUT2D eigenvalue weighted by molar-refractivity contribution is -0.113. The van der Waals surface area contributed by atoms with Crippen LogP contribution in [0.3, 0.4) is 0 Å². The summed E-state index contributed by atoms with van der Waals surface area (Å²) in [4.78, 5) is 13.5. The molecular formula is C20H21FN4O2S2. The van der Waals surface area contributed by atoms with Crippen molar-refractivity contribution in [3.05, 3.63) is 46.4 Å². The molecule has 1 N–H and O–H groups in total. The molecule has 1 amide bonds. The average Bonchev–Trinajstić information content (AvgIpc) is 3.44. The second-order valence-electron chi connectivity index (χ2n) is 6.84. The number of nitrogens with one attached hydrogen (secondary N) is 1. The number of nitrogens with zero attached hydrogens (tertiary/aromatic N) is 3. The van der Waals surface area contributed by atoms with Gasteiger partial charge in [0.2, 0.25) is 5.91 Å². The molecule has 1 aliphatic rings. The quantitative estimate of drug-likeness (QED) is 0.562. The van der Waals surface area contributed by atoms with E-state index < -0.39 is 0 Å². The third-order valence-corrected chi connectivity index (χ3v) is 6.40. The summed E-state index contributed by atoms with van der Waals surface area (Å²) in [5.41, 5.74) is 1.59. The van der Waals surface area contributed by atoms with Gasteiger partial charge in [0.15, 0.2) is 11.0 Å². The average molecular weight is 433 g/mol. The van der Waals surface area contributed by atoms with Crippen molar-refractivity contribution in [1.82, 2.24) is 14.8 Å². The molecule has 1 unspecified atom stereocenters. The zero-order valence-corrected chi connectivity index (χ0v) is 17.6. The molecular weight excluding hydrogens is 411 g/mol. The van der Waals surface area contributed by atoms with Crippen molar-refractivity contribution in [2.75, 3.05) is 17.7 Å². The number of carbonyl (C=O) groups is 1. The van der Waals surface area contributed by atoms with E-state index in [1.807, 2.05) is 4.57 Å². The van der Waals surface area contributed by atoms with Crippen LogP contribution in [-0.2, 0) is 16.1 Å². The summed E-state index contributed by atoms with van der Waals surface area (Å²) in [5, 5.41) is 14.2. The lowest BCUT2D eigenvalue weighted by Gasteiger charge is -2.14. The molecule has 1 saturated heterocycles. The Hall–Kier alpha value is -2.23. The molecule has 0 saturated carbocycles. The van der Waals surface area contributed by atoms with E-state index in [-0.39, 0.29) is 23.6 Å². The van der Waals surface area contributed by atoms with Gasteiger partial charge < -0.3 is 10.1 Å². The van der Waals surface area contributed by atoms with Gasteiger partial charge in [-0.25, -0.2) is 4.39 Å². The lowest BCUT2D eigenvalue weighted by Crippen LogP contribution is -2.18. The summed E-state index contributed by atoms with van der Waals surface area (Å²) in [6, 6.07) is 7.80. The van der Waals surface area contributed by atoms with Crippen molar-refractivity contribution >= 4 is 34.7 Å². The third kappa shape index (κ3) is 5.04. The number of ether oxygens (including phenoxy) is 1. The first kappa shape index (κ1) is 20.1. The SMILES string of the molecule is Cc1cc(-c2nnc(SCC(=O)Nc3ccc(F)cc3)n2CC2CCCO2)cs1. The van der Waals surface area contributed by atoms with Gasteiger partial charge in [0, 0.05) is 28.1 Å². The minimum atomic E-state index is -0.337. The molecule has 1 fully saturated rings. The van der Waals surface area contributed by atoms with Gasteiger partial charge >= 0.3 is 0 Å². The number of carbonyl (C=O) groups excluding carboxylic acids is 1. The van der Waals surface area contributed by atoms with Gasteiger partial charge in [-0.05, 0) is 50.1 Å². The van der Waals surface area contributed by atoms with Crippen LogP contribution in [0.4, 0.5) is 10.1 Å². The number of anilines is 1. The van der Waals surface area contributed by atoms with Crippen molar-refractivity contribution in [2.24, 2.45) is 0 Å². The summed E-state index contributed by atoms with van der Waals surface area (Å²) < 4.78 is 20.9. The Labute approximate surface area is 176 Å². The maximum Gasteiger partial charge on any atom is 0.234 e. The van der Waals surface area contributed by atoms with E-state index in [0.29, 0.717) is 17.4 Å². The molecule has 1 atom stereocenters. The Morgan fingerprint density at radius 2 is 2.21 bits per heavy atom. The second kappa shape index (κ2) is 9.06. The molecule has 9 heteroatoms. The highest BCUT2D eigenvalue weighted by atomic mass is 32.2. The van der Waals surface area contributed by atoms with Gasteiger partial charge in [-0.1, -0.05) is 11.8 Å². The fourth-order valence-corrected chi connectivity index (χ4v) is 4.62. The number of aromatic nitrogens is 3. The van der Waals surface area contributed by atoms with E-state index in [9.17, 15) is 9.18 Å². The Morgan fingerprint density at radius 1 is 1.38 bits per heavy atom. The lowest BCUT2D eigenvalue weighted by atomic mass is 10.2. The van der Waals surface area contributed by atoms with Crippen LogP contribution in [0.2, 0.25) is 0 Å². The van der Waals surface area contributed by atoms with Crippen LogP contribution in [0.5, 0.6) is 0 Å². The number of hydrogen-bond acceptors (Lipinski definition) is 6. The van der Waals surface area contributed by atoms with Gasteiger partial charge in [-0.2, -0.15) is 0 Å². The Morgan fingerprint density at radius 3 is 2.90 bits per heavy atom. The van der Waals surface area contributed by atoms with E-state index in [0.717, 1.165) is 30.8 Å². The van der Waals surface area contributed by atoms with Crippen LogP contribution in [0.15, 0.2) is 40.9 Å². The summed E-state index contributed by atoms with van der Waals surface area (Å²) in [5.74, 6) is 0.465. The monoisotopic (exact) mass is 432 g/mol. The first-order chi connectivity index (χ1) is 14.1. The number of benzene rings is 1. The predicted octanol–water partition coefficient (Wildman–Crippen LogP) is 4.36. The summed E-state index contributed by atoms with van der Waals surface area (Å²) >= 11 is 3.00. The normalized spacial score (nSPS) is 16.3. The van der Waals surface area contributed by atoms with Gasteiger partial charge in [0.05, 0.1) is 18.4 Å². The molecule has 1 aliphatic heterocycles. The number of aryl methyl sites for hydroxylation is 1. The molecule has 1 aromatic carbocycles. The van der Waals surface area contributed by atoms with Crippen molar-refractivity contribution in [3.8, 4) is 11.4 Å². The Bertz CT molecular complexity index is 981. The van der Waals surface area contributed by atoms with Gasteiger partial charge in [0.1, 0.15) is 5.82 Å². The topological polar surface area (TPSA) is 69.0 Å². The van der Waals surface area contributed by atoms with Crippen molar-refractivity contribution in [2.45, 2.75) is 37.6 Å². The zero-order valence-electron chi connectivity index (χ0n) is 15.9. The molecule has 6 nitrogen and oxygen atoms in total. The molecule has 0 aliphatic carbocycles. The van der Waals surface area contributed by atoms with Gasteiger partial charge in [-0.15, -0.1) is 21.5 Å². The minimum Gasteiger partial charge on any atom is -0.376 e. The second-order valence-corrected chi connectivity index (χ2v) is 8.90. The molecule has 2 aromatic heterocycles. The Kier molecular flexibility index (Phi) is 6.27.